The fourth-order valence-corrected chi connectivity index (χ4v) is 4.09. The molecule has 1 fully saturated rings. The van der Waals surface area contributed by atoms with Crippen molar-refractivity contribution in [1.29, 1.82) is 0 Å². The Balaban J connectivity index is 1.97. The van der Waals surface area contributed by atoms with Crippen LogP contribution in [0.5, 0.6) is 5.75 Å². The average molecular weight is 405 g/mol. The Kier molecular flexibility index (Phi) is 4.77. The second-order valence-electron chi connectivity index (χ2n) is 7.41. The van der Waals surface area contributed by atoms with Gasteiger partial charge in [0, 0.05) is 25.8 Å². The maximum atomic E-state index is 15.2. The number of carboxylic acids is 1. The molecule has 2 aliphatic rings. The first-order valence-corrected chi connectivity index (χ1v) is 9.42. The smallest absolute Gasteiger partial charge is 0.341 e. The van der Waals surface area contributed by atoms with Crippen LogP contribution in [0.3, 0.4) is 0 Å². The van der Waals surface area contributed by atoms with E-state index in [4.69, 9.17) is 10.5 Å². The number of hydrogen-bond acceptors (Lipinski definition) is 5. The molecular weight excluding hydrogens is 384 g/mol. The van der Waals surface area contributed by atoms with Gasteiger partial charge in [-0.05, 0) is 31.4 Å². The lowest BCUT2D eigenvalue weighted by atomic mass is 10.0. The van der Waals surface area contributed by atoms with Crippen LogP contribution >= 0.6 is 0 Å². The minimum Gasteiger partial charge on any atom is -0.487 e. The van der Waals surface area contributed by atoms with Crippen molar-refractivity contribution in [3.63, 3.8) is 0 Å². The van der Waals surface area contributed by atoms with Crippen LogP contribution in [0, 0.1) is 5.82 Å². The average Bonchev–Trinajstić information content (AvgIpc) is 2.71. The number of carbonyl (C=O) groups is 1. The van der Waals surface area contributed by atoms with E-state index in [-0.39, 0.29) is 42.6 Å². The highest BCUT2D eigenvalue weighted by Gasteiger charge is 2.31. The molecule has 0 radical (unpaired) electrons. The highest BCUT2D eigenvalue weighted by atomic mass is 19.1. The number of hydrogen-bond donors (Lipinski definition) is 2. The summed E-state index contributed by atoms with van der Waals surface area (Å²) in [5.74, 6) is -2.29. The van der Waals surface area contributed by atoms with Crippen LogP contribution < -0.4 is 20.8 Å². The van der Waals surface area contributed by atoms with Crippen molar-refractivity contribution in [2.75, 3.05) is 31.1 Å². The van der Waals surface area contributed by atoms with E-state index in [9.17, 15) is 19.1 Å². The quantitative estimate of drug-likeness (QED) is 0.815. The molecular formula is C20H21F2N3O4. The summed E-state index contributed by atoms with van der Waals surface area (Å²) in [6, 6.07) is 0.812. The molecule has 9 heteroatoms. The minimum absolute atomic E-state index is 0.0476. The second kappa shape index (κ2) is 7.14. The molecule has 3 N–H and O–H groups in total. The van der Waals surface area contributed by atoms with Crippen LogP contribution in [-0.2, 0) is 0 Å². The van der Waals surface area contributed by atoms with Crippen molar-refractivity contribution in [2.45, 2.75) is 25.8 Å². The van der Waals surface area contributed by atoms with E-state index >= 15 is 4.39 Å². The van der Waals surface area contributed by atoms with E-state index in [0.29, 0.717) is 30.5 Å². The molecule has 7 nitrogen and oxygen atoms in total. The van der Waals surface area contributed by atoms with E-state index in [1.807, 2.05) is 6.92 Å². The monoisotopic (exact) mass is 405 g/mol. The van der Waals surface area contributed by atoms with Gasteiger partial charge in [-0.25, -0.2) is 13.6 Å². The lowest BCUT2D eigenvalue weighted by molar-refractivity contribution is 0.0694. The van der Waals surface area contributed by atoms with Crippen molar-refractivity contribution < 1.29 is 23.4 Å². The Bertz CT molecular complexity index is 1110. The third-order valence-electron chi connectivity index (χ3n) is 5.54. The normalized spacial score (nSPS) is 20.6. The number of carboxylic acid groups (broad SMARTS) is 1. The molecule has 1 aromatic carbocycles. The molecule has 2 aromatic rings. The highest BCUT2D eigenvalue weighted by Crippen LogP contribution is 2.43. The first-order chi connectivity index (χ1) is 13.8. The van der Waals surface area contributed by atoms with Gasteiger partial charge in [-0.15, -0.1) is 0 Å². The van der Waals surface area contributed by atoms with E-state index in [2.05, 4.69) is 0 Å². The SMILES string of the molecule is C[C@H]1COc2c(N3CCC/C(=C(/F)CN)C3)c(F)cc3c(=O)c(C(=O)O)cn1c23. The molecule has 0 saturated carbocycles. The summed E-state index contributed by atoms with van der Waals surface area (Å²) >= 11 is 0. The molecule has 0 unspecified atom stereocenters. The third kappa shape index (κ3) is 3.05. The largest absolute Gasteiger partial charge is 0.487 e. The van der Waals surface area contributed by atoms with E-state index in [1.54, 1.807) is 9.47 Å². The number of ether oxygens (including phenoxy) is 1. The summed E-state index contributed by atoms with van der Waals surface area (Å²) in [5, 5.41) is 9.31. The van der Waals surface area contributed by atoms with Crippen LogP contribution in [0.2, 0.25) is 0 Å². The number of piperidine rings is 1. The molecule has 0 aliphatic carbocycles. The van der Waals surface area contributed by atoms with Crippen LogP contribution in [0.1, 0.15) is 36.2 Å². The number of nitrogens with zero attached hydrogens (tertiary/aromatic N) is 2. The molecule has 29 heavy (non-hydrogen) atoms. The Labute approximate surface area is 165 Å². The maximum Gasteiger partial charge on any atom is 0.341 e. The lowest BCUT2D eigenvalue weighted by Crippen LogP contribution is -2.34. The summed E-state index contributed by atoms with van der Waals surface area (Å²) < 4.78 is 36.7. The van der Waals surface area contributed by atoms with Gasteiger partial charge >= 0.3 is 5.97 Å². The second-order valence-corrected chi connectivity index (χ2v) is 7.41. The molecule has 0 bridgehead atoms. The van der Waals surface area contributed by atoms with Gasteiger partial charge in [-0.2, -0.15) is 0 Å². The molecule has 4 rings (SSSR count). The Morgan fingerprint density at radius 1 is 1.45 bits per heavy atom. The van der Waals surface area contributed by atoms with E-state index in [1.165, 1.54) is 6.20 Å². The van der Waals surface area contributed by atoms with Gasteiger partial charge in [0.05, 0.1) is 16.9 Å². The summed E-state index contributed by atoms with van der Waals surface area (Å²) in [5.41, 5.74) is 5.26. The molecule has 0 amide bonds. The Morgan fingerprint density at radius 3 is 2.90 bits per heavy atom. The number of pyridine rings is 1. The summed E-state index contributed by atoms with van der Waals surface area (Å²) in [4.78, 5) is 25.8. The van der Waals surface area contributed by atoms with Crippen molar-refractivity contribution >= 4 is 22.6 Å². The number of benzene rings is 1. The van der Waals surface area contributed by atoms with E-state index in [0.717, 1.165) is 6.07 Å². The standard InChI is InChI=1S/C20H21F2N3O4/c1-10-9-29-19-16-12(18(26)13(20(27)28)8-25(10)16)5-14(21)17(19)24-4-2-3-11(7-24)15(22)6-23/h5,8,10H,2-4,6-7,9,23H2,1H3,(H,27,28)/b15-11-/t10-/m0/s1. The number of nitrogens with two attached hydrogens (primary N) is 1. The topological polar surface area (TPSA) is 97.8 Å². The Morgan fingerprint density at radius 2 is 2.21 bits per heavy atom. The van der Waals surface area contributed by atoms with Crippen LogP contribution in [0.15, 0.2) is 28.5 Å². The molecule has 0 spiro atoms. The van der Waals surface area contributed by atoms with Gasteiger partial charge in [-0.3, -0.25) is 4.79 Å². The predicted molar refractivity (Wildman–Crippen MR) is 104 cm³/mol. The minimum atomic E-state index is -1.37. The van der Waals surface area contributed by atoms with Crippen molar-refractivity contribution in [1.82, 2.24) is 4.57 Å². The highest BCUT2D eigenvalue weighted by molar-refractivity contribution is 5.97. The van der Waals surface area contributed by atoms with Crippen LogP contribution in [0.4, 0.5) is 14.5 Å². The summed E-state index contributed by atoms with van der Waals surface area (Å²) in [6.45, 7) is 2.47. The Hall–Kier alpha value is -2.94. The molecule has 154 valence electrons. The number of anilines is 1. The summed E-state index contributed by atoms with van der Waals surface area (Å²) in [6.07, 6.45) is 2.45. The van der Waals surface area contributed by atoms with Gasteiger partial charge in [-0.1, -0.05) is 0 Å². The fourth-order valence-electron chi connectivity index (χ4n) is 4.09. The lowest BCUT2D eigenvalue weighted by Gasteiger charge is -2.35. The number of aromatic nitrogens is 1. The van der Waals surface area contributed by atoms with E-state index < -0.39 is 28.6 Å². The van der Waals surface area contributed by atoms with Gasteiger partial charge in [0.25, 0.3) is 0 Å². The third-order valence-corrected chi connectivity index (χ3v) is 5.54. The number of aromatic carboxylic acids is 1. The zero-order valence-electron chi connectivity index (χ0n) is 15.9. The fraction of sp³-hybridized carbons (Fsp3) is 0.400. The molecule has 1 saturated heterocycles. The van der Waals surface area contributed by atoms with Crippen LogP contribution in [0.25, 0.3) is 10.9 Å². The molecule has 2 aliphatic heterocycles. The molecule has 1 aromatic heterocycles. The zero-order valence-corrected chi connectivity index (χ0v) is 15.9. The molecule has 1 atom stereocenters. The van der Waals surface area contributed by atoms with Gasteiger partial charge in [0.1, 0.15) is 23.7 Å². The first-order valence-electron chi connectivity index (χ1n) is 9.42. The molecule has 3 heterocycles. The van der Waals surface area contributed by atoms with Gasteiger partial charge in [0.2, 0.25) is 5.43 Å². The summed E-state index contributed by atoms with van der Waals surface area (Å²) in [7, 11) is 0. The van der Waals surface area contributed by atoms with Gasteiger partial charge < -0.3 is 25.0 Å². The number of rotatable bonds is 3. The van der Waals surface area contributed by atoms with Gasteiger partial charge in [0.15, 0.2) is 11.6 Å². The zero-order chi connectivity index (χ0) is 20.9. The maximum absolute atomic E-state index is 15.2. The number of halogens is 2. The van der Waals surface area contributed by atoms with Crippen LogP contribution in [-0.4, -0.2) is 41.9 Å². The first kappa shape index (κ1) is 19.4. The predicted octanol–water partition coefficient (Wildman–Crippen LogP) is 2.57. The van der Waals surface area contributed by atoms with Crippen molar-refractivity contribution in [3.8, 4) is 5.75 Å². The van der Waals surface area contributed by atoms with Crippen molar-refractivity contribution in [3.05, 3.63) is 45.3 Å². The van der Waals surface area contributed by atoms with Crippen molar-refractivity contribution in [2.24, 2.45) is 5.73 Å².